The van der Waals surface area contributed by atoms with Crippen LogP contribution in [0, 0.1) is 17.4 Å². The molecule has 0 fully saturated rings. The van der Waals surface area contributed by atoms with Crippen LogP contribution in [-0.2, 0) is 6.54 Å². The molecular weight excluding hydrogens is 543 g/mol. The number of hydrogen-bond donors (Lipinski definition) is 2. The van der Waals surface area contributed by atoms with E-state index in [9.17, 15) is 4.79 Å². The minimum Gasteiger partial charge on any atom is -0.363 e. The summed E-state index contributed by atoms with van der Waals surface area (Å²) in [6.45, 7) is 0.510. The van der Waals surface area contributed by atoms with Gasteiger partial charge in [0.2, 0.25) is 5.95 Å². The van der Waals surface area contributed by atoms with E-state index in [4.69, 9.17) is 5.26 Å². The molecule has 0 aliphatic carbocycles. The Balaban J connectivity index is 0.00000192. The van der Waals surface area contributed by atoms with Crippen molar-refractivity contribution in [2.45, 2.75) is 6.54 Å². The fourth-order valence-electron chi connectivity index (χ4n) is 1.98. The first-order valence-electron chi connectivity index (χ1n) is 6.55. The van der Waals surface area contributed by atoms with Crippen molar-refractivity contribution >= 4 is 17.3 Å². The molecule has 116 valence electrons. The number of H-pyrrole nitrogens is 1. The molecular formula is C16H11CmN4OS-. The third kappa shape index (κ3) is 3.23. The van der Waals surface area contributed by atoms with E-state index in [0.29, 0.717) is 18.2 Å². The van der Waals surface area contributed by atoms with Crippen molar-refractivity contribution in [1.82, 2.24) is 9.97 Å². The zero-order valence-electron chi connectivity index (χ0n) is 11.8. The van der Waals surface area contributed by atoms with Crippen LogP contribution in [0.5, 0.6) is 0 Å². The molecule has 0 bridgehead atoms. The molecule has 0 radical (unpaired) electrons. The first-order valence-corrected chi connectivity index (χ1v) is 7.43. The number of nitriles is 1. The number of aromatic amines is 1. The first-order chi connectivity index (χ1) is 10.8. The quantitative estimate of drug-likeness (QED) is 0.487. The van der Waals surface area contributed by atoms with Gasteiger partial charge in [0.25, 0.3) is 5.56 Å². The average molecular weight is 554 g/mol. The molecule has 23 heavy (non-hydrogen) atoms. The van der Waals surface area contributed by atoms with Crippen molar-refractivity contribution in [2.75, 3.05) is 5.32 Å². The summed E-state index contributed by atoms with van der Waals surface area (Å²) in [5.74, 6) is 0.344. The summed E-state index contributed by atoms with van der Waals surface area (Å²) in [5, 5.41) is 14.1. The largest absolute Gasteiger partial charge is 0.363 e. The van der Waals surface area contributed by atoms with E-state index in [-0.39, 0.29) is 5.56 Å². The number of anilines is 1. The van der Waals surface area contributed by atoms with Gasteiger partial charge in [-0.15, -0.1) is 16.9 Å². The van der Waals surface area contributed by atoms with E-state index in [0.717, 1.165) is 10.4 Å². The minimum atomic E-state index is -0.442. The van der Waals surface area contributed by atoms with Crippen molar-refractivity contribution in [3.05, 3.63) is 69.3 Å². The SMILES string of the molecule is N#Cc1c(-c2cccs2)nc(NCc2c[c-]ccc2)[nH]c1=O.[Cm]. The van der Waals surface area contributed by atoms with Crippen LogP contribution in [0.25, 0.3) is 10.6 Å². The summed E-state index contributed by atoms with van der Waals surface area (Å²) >= 11 is 1.44. The van der Waals surface area contributed by atoms with Crippen molar-refractivity contribution < 1.29 is 0 Å². The Morgan fingerprint density at radius 2 is 2.26 bits per heavy atom. The molecule has 3 rings (SSSR count). The smallest absolute Gasteiger partial charge is 0.270 e. The second kappa shape index (κ2) is 6.70. The van der Waals surface area contributed by atoms with Crippen LogP contribution in [0.15, 0.2) is 46.6 Å². The van der Waals surface area contributed by atoms with Crippen LogP contribution >= 0.6 is 11.3 Å². The molecule has 2 heterocycles. The van der Waals surface area contributed by atoms with Crippen LogP contribution in [0.1, 0.15) is 11.1 Å². The molecule has 0 atom stereocenters. The zero-order valence-corrected chi connectivity index (χ0v) is 15.6. The van der Waals surface area contributed by atoms with Gasteiger partial charge in [0.1, 0.15) is 17.3 Å². The van der Waals surface area contributed by atoms with E-state index in [1.165, 1.54) is 11.3 Å². The molecule has 2 aromatic heterocycles. The van der Waals surface area contributed by atoms with Gasteiger partial charge in [-0.05, 0) is 18.0 Å². The van der Waals surface area contributed by atoms with E-state index < -0.39 is 5.56 Å². The third-order valence-corrected chi connectivity index (χ3v) is 3.89. The predicted octanol–water partition coefficient (Wildman–Crippen LogP) is 2.78. The fourth-order valence-corrected chi connectivity index (χ4v) is 2.70. The summed E-state index contributed by atoms with van der Waals surface area (Å²) in [6, 6.07) is 16.1. The van der Waals surface area contributed by atoms with Gasteiger partial charge in [-0.1, -0.05) is 6.07 Å². The van der Waals surface area contributed by atoms with E-state index in [1.807, 2.05) is 47.8 Å². The predicted molar refractivity (Wildman–Crippen MR) is 85.5 cm³/mol. The Morgan fingerprint density at radius 3 is 2.91 bits per heavy atom. The topological polar surface area (TPSA) is 81.6 Å². The Morgan fingerprint density at radius 1 is 1.39 bits per heavy atom. The Bertz CT molecular complexity index is 869. The van der Waals surface area contributed by atoms with Crippen molar-refractivity contribution in [3.63, 3.8) is 0 Å². The monoisotopic (exact) mass is 550 g/mol. The Hall–Kier alpha value is -3.91. The second-order valence-corrected chi connectivity index (χ2v) is 5.44. The summed E-state index contributed by atoms with van der Waals surface area (Å²) in [4.78, 5) is 19.8. The van der Waals surface area contributed by atoms with Gasteiger partial charge >= 0.3 is 0 Å². The first kappa shape index (κ1) is 15.5. The summed E-state index contributed by atoms with van der Waals surface area (Å²) in [7, 11) is 0. The van der Waals surface area contributed by atoms with E-state index in [2.05, 4.69) is 21.4 Å². The summed E-state index contributed by atoms with van der Waals surface area (Å²) in [6.07, 6.45) is 0. The van der Waals surface area contributed by atoms with Gasteiger partial charge in [-0.2, -0.15) is 35.6 Å². The van der Waals surface area contributed by atoms with Crippen LogP contribution in [0.3, 0.4) is 0 Å². The molecule has 0 aliphatic heterocycles. The zero-order chi connectivity index (χ0) is 15.4. The molecule has 0 aliphatic rings. The number of hydrogen-bond acceptors (Lipinski definition) is 5. The Kier molecular flexibility index (Phi) is 4.51. The average Bonchev–Trinajstić information content (AvgIpc) is 3.07. The third-order valence-electron chi connectivity index (χ3n) is 3.02. The molecule has 0 spiro atoms. The van der Waals surface area contributed by atoms with Crippen LogP contribution < -0.4 is 10.9 Å². The maximum atomic E-state index is 12.0. The van der Waals surface area contributed by atoms with Crippen LogP contribution in [0.4, 0.5) is 5.95 Å². The van der Waals surface area contributed by atoms with Crippen molar-refractivity contribution in [2.24, 2.45) is 0 Å². The van der Waals surface area contributed by atoms with Crippen LogP contribution in [-0.4, -0.2) is 9.97 Å². The number of aromatic nitrogens is 2. The molecule has 2 N–H and O–H groups in total. The molecule has 0 unspecified atom stereocenters. The normalized spacial score (nSPS) is 9.70. The van der Waals surface area contributed by atoms with E-state index >= 15 is 0 Å². The molecule has 1 aromatic carbocycles. The molecule has 0 saturated carbocycles. The van der Waals surface area contributed by atoms with Crippen LogP contribution in [0.2, 0.25) is 0 Å². The van der Waals surface area contributed by atoms with Gasteiger partial charge in [0.05, 0.1) is 4.88 Å². The minimum absolute atomic E-state index is 0. The Labute approximate surface area is 130 Å². The molecule has 3 aromatic rings. The number of rotatable bonds is 4. The van der Waals surface area contributed by atoms with Crippen molar-refractivity contribution in [1.29, 1.82) is 5.26 Å². The number of thiophene rings is 1. The molecule has 0 saturated heterocycles. The van der Waals surface area contributed by atoms with Gasteiger partial charge in [0, 0.05) is 0 Å². The van der Waals surface area contributed by atoms with Gasteiger partial charge < -0.3 is 5.32 Å². The van der Waals surface area contributed by atoms with Gasteiger partial charge in [0.15, 0.2) is 0 Å². The second-order valence-electron chi connectivity index (χ2n) is 4.49. The number of nitrogens with zero attached hydrogens (tertiary/aromatic N) is 2. The van der Waals surface area contributed by atoms with Gasteiger partial charge in [-0.25, -0.2) is 4.98 Å². The molecule has 5 nitrogen and oxygen atoms in total. The maximum absolute atomic E-state index is 12.0. The molecule has 0 amide bonds. The fraction of sp³-hybridized carbons (Fsp3) is 0.0625. The summed E-state index contributed by atoms with van der Waals surface area (Å²) < 4.78 is 0. The standard InChI is InChI=1S/C16H11N4OS.Cm/c17-9-12-14(13-7-4-8-22-13)19-16(20-15(12)21)18-10-11-5-2-1-3-6-11;/h1-2,4-8H,10H2,(H2,18,19,20,21);/q-1;. The number of benzene rings is 1. The molecule has 7 heteroatoms. The number of nitrogens with one attached hydrogen (secondary N) is 2. The van der Waals surface area contributed by atoms with Crippen molar-refractivity contribution in [3.8, 4) is 16.6 Å². The van der Waals surface area contributed by atoms with E-state index in [1.54, 1.807) is 0 Å². The summed E-state index contributed by atoms with van der Waals surface area (Å²) in [5.41, 5.74) is 1.01. The maximum Gasteiger partial charge on any atom is 0.270 e. The van der Waals surface area contributed by atoms with Gasteiger partial charge in [-0.3, -0.25) is 9.78 Å².